The Hall–Kier alpha value is -2.89. The summed E-state index contributed by atoms with van der Waals surface area (Å²) in [4.78, 5) is 33.6. The molecule has 1 aromatic carbocycles. The lowest BCUT2D eigenvalue weighted by Crippen LogP contribution is -2.39. The molecule has 0 atom stereocenters. The first-order valence-corrected chi connectivity index (χ1v) is 7.73. The number of hydrogen-bond donors (Lipinski definition) is 1. The van der Waals surface area contributed by atoms with Gasteiger partial charge in [0.2, 0.25) is 0 Å². The van der Waals surface area contributed by atoms with Crippen molar-refractivity contribution in [2.45, 2.75) is 32.4 Å². The Morgan fingerprint density at radius 1 is 1.33 bits per heavy atom. The maximum absolute atomic E-state index is 13.0. The largest absolute Gasteiger partial charge is 0.481 e. The third-order valence-corrected chi connectivity index (χ3v) is 3.66. The van der Waals surface area contributed by atoms with Crippen LogP contribution >= 0.6 is 0 Å². The van der Waals surface area contributed by atoms with E-state index in [1.807, 2.05) is 30.3 Å². The number of imidazole rings is 1. The highest BCUT2D eigenvalue weighted by Gasteiger charge is 2.34. The fourth-order valence-corrected chi connectivity index (χ4v) is 2.64. The van der Waals surface area contributed by atoms with Crippen LogP contribution < -0.4 is 4.90 Å². The normalized spacial score (nSPS) is 16.2. The highest BCUT2D eigenvalue weighted by Crippen LogP contribution is 2.27. The van der Waals surface area contributed by atoms with Crippen molar-refractivity contribution in [1.82, 2.24) is 9.97 Å². The Bertz CT molecular complexity index is 764. The van der Waals surface area contributed by atoms with Gasteiger partial charge >= 0.3 is 0 Å². The van der Waals surface area contributed by atoms with E-state index in [0.717, 1.165) is 0 Å². The summed E-state index contributed by atoms with van der Waals surface area (Å²) >= 11 is 0. The van der Waals surface area contributed by atoms with Crippen molar-refractivity contribution >= 4 is 17.4 Å². The van der Waals surface area contributed by atoms with Crippen molar-refractivity contribution in [3.05, 3.63) is 60.4 Å². The lowest BCUT2D eigenvalue weighted by molar-refractivity contribution is -0.129. The number of carbonyl (C=O) groups is 2. The molecule has 2 heterocycles. The number of amides is 1. The molecule has 0 spiro atoms. The number of nitrogens with one attached hydrogen (secondary N) is 1. The second kappa shape index (κ2) is 6.31. The molecular weight excluding hydrogens is 306 g/mol. The summed E-state index contributed by atoms with van der Waals surface area (Å²) in [7, 11) is 0. The number of allylic oxidation sites excluding steroid dienone is 1. The van der Waals surface area contributed by atoms with Crippen LogP contribution in [0.15, 0.2) is 54.6 Å². The van der Waals surface area contributed by atoms with Crippen LogP contribution in [0.5, 0.6) is 0 Å². The summed E-state index contributed by atoms with van der Waals surface area (Å²) < 4.78 is 5.75. The fraction of sp³-hybridized carbons (Fsp3) is 0.278. The summed E-state index contributed by atoms with van der Waals surface area (Å²) in [6, 6.07) is 9.24. The molecule has 1 amide bonds. The average molecular weight is 325 g/mol. The smallest absolute Gasteiger partial charge is 0.293 e. The second-order valence-corrected chi connectivity index (χ2v) is 6.28. The minimum atomic E-state index is -0.691. The number of aromatic nitrogens is 2. The van der Waals surface area contributed by atoms with Crippen LogP contribution in [-0.2, 0) is 20.9 Å². The fourth-order valence-electron chi connectivity index (χ4n) is 2.64. The van der Waals surface area contributed by atoms with Crippen LogP contribution in [0.25, 0.3) is 0 Å². The SMILES string of the molecule is CC1(C)CC(=O)C=C(C(=O)N(Cc2ncc[nH]2)c2ccccc2)O1. The molecule has 1 aliphatic heterocycles. The molecule has 0 aliphatic carbocycles. The zero-order valence-electron chi connectivity index (χ0n) is 13.7. The van der Waals surface area contributed by atoms with Gasteiger partial charge in [-0.1, -0.05) is 18.2 Å². The number of rotatable bonds is 4. The highest BCUT2D eigenvalue weighted by molar-refractivity contribution is 6.08. The minimum Gasteiger partial charge on any atom is -0.481 e. The zero-order valence-corrected chi connectivity index (χ0v) is 13.7. The average Bonchev–Trinajstić information content (AvgIpc) is 3.04. The predicted molar refractivity (Wildman–Crippen MR) is 89.1 cm³/mol. The van der Waals surface area contributed by atoms with E-state index in [1.54, 1.807) is 31.1 Å². The van der Waals surface area contributed by atoms with Gasteiger partial charge in [-0.3, -0.25) is 14.5 Å². The molecule has 0 saturated carbocycles. The van der Waals surface area contributed by atoms with E-state index in [9.17, 15) is 9.59 Å². The maximum Gasteiger partial charge on any atom is 0.293 e. The lowest BCUT2D eigenvalue weighted by Gasteiger charge is -2.32. The van der Waals surface area contributed by atoms with Crippen molar-refractivity contribution in [1.29, 1.82) is 0 Å². The first kappa shape index (κ1) is 16.0. The summed E-state index contributed by atoms with van der Waals surface area (Å²) in [5.74, 6) is 0.236. The molecule has 1 N–H and O–H groups in total. The molecule has 6 heteroatoms. The number of hydrogen-bond acceptors (Lipinski definition) is 4. The Morgan fingerprint density at radius 3 is 2.71 bits per heavy atom. The van der Waals surface area contributed by atoms with E-state index in [4.69, 9.17) is 4.74 Å². The predicted octanol–water partition coefficient (Wildman–Crippen LogP) is 2.59. The molecule has 0 bridgehead atoms. The van der Waals surface area contributed by atoms with Gasteiger partial charge in [0.05, 0.1) is 6.54 Å². The van der Waals surface area contributed by atoms with E-state index < -0.39 is 5.60 Å². The Kier molecular flexibility index (Phi) is 4.20. The number of nitrogens with zero attached hydrogens (tertiary/aromatic N) is 2. The van der Waals surface area contributed by atoms with Gasteiger partial charge in [-0.15, -0.1) is 0 Å². The van der Waals surface area contributed by atoms with Gasteiger partial charge in [-0.2, -0.15) is 0 Å². The molecule has 2 aromatic rings. The van der Waals surface area contributed by atoms with E-state index >= 15 is 0 Å². The molecule has 3 rings (SSSR count). The molecule has 1 aromatic heterocycles. The molecule has 124 valence electrons. The third-order valence-electron chi connectivity index (χ3n) is 3.66. The van der Waals surface area contributed by atoms with Gasteiger partial charge in [0.15, 0.2) is 11.5 Å². The standard InChI is InChI=1S/C18H19N3O3/c1-18(2)11-14(22)10-15(24-18)17(23)21(12-16-19-8-9-20-16)13-6-4-3-5-7-13/h3-10H,11-12H2,1-2H3,(H,19,20). The van der Waals surface area contributed by atoms with Crippen molar-refractivity contribution in [3.8, 4) is 0 Å². The second-order valence-electron chi connectivity index (χ2n) is 6.28. The summed E-state index contributed by atoms with van der Waals surface area (Å²) in [5.41, 5.74) is 0.0170. The first-order chi connectivity index (χ1) is 11.4. The van der Waals surface area contributed by atoms with Crippen molar-refractivity contribution in [2.75, 3.05) is 4.90 Å². The number of carbonyl (C=O) groups excluding carboxylic acids is 2. The number of benzene rings is 1. The van der Waals surface area contributed by atoms with Gasteiger partial charge in [0.1, 0.15) is 11.4 Å². The number of H-pyrrole nitrogens is 1. The number of ketones is 1. The number of ether oxygens (including phenoxy) is 1. The van der Waals surface area contributed by atoms with Crippen LogP contribution in [0.1, 0.15) is 26.1 Å². The first-order valence-electron chi connectivity index (χ1n) is 7.73. The van der Waals surface area contributed by atoms with Crippen molar-refractivity contribution in [2.24, 2.45) is 0 Å². The molecule has 6 nitrogen and oxygen atoms in total. The van der Waals surface area contributed by atoms with E-state index in [-0.39, 0.29) is 30.4 Å². The molecule has 1 aliphatic rings. The molecule has 0 fully saturated rings. The van der Waals surface area contributed by atoms with Gasteiger partial charge in [-0.05, 0) is 26.0 Å². The number of para-hydroxylation sites is 1. The van der Waals surface area contributed by atoms with Crippen LogP contribution in [0.3, 0.4) is 0 Å². The van der Waals surface area contributed by atoms with E-state index in [1.165, 1.54) is 6.08 Å². The maximum atomic E-state index is 13.0. The van der Waals surface area contributed by atoms with Crippen LogP contribution in [0.4, 0.5) is 5.69 Å². The van der Waals surface area contributed by atoms with Gasteiger partial charge in [0.25, 0.3) is 5.91 Å². The van der Waals surface area contributed by atoms with Crippen molar-refractivity contribution < 1.29 is 14.3 Å². The quantitative estimate of drug-likeness (QED) is 0.937. The van der Waals surface area contributed by atoms with E-state index in [0.29, 0.717) is 11.5 Å². The Balaban J connectivity index is 1.93. The number of aromatic amines is 1. The minimum absolute atomic E-state index is 0.0617. The molecule has 0 radical (unpaired) electrons. The Labute approximate surface area is 140 Å². The topological polar surface area (TPSA) is 75.3 Å². The zero-order chi connectivity index (χ0) is 17.2. The third kappa shape index (κ3) is 3.53. The molecular formula is C18H19N3O3. The highest BCUT2D eigenvalue weighted by atomic mass is 16.5. The van der Waals surface area contributed by atoms with Crippen LogP contribution in [0.2, 0.25) is 0 Å². The lowest BCUT2D eigenvalue weighted by atomic mass is 9.98. The van der Waals surface area contributed by atoms with Gasteiger partial charge in [-0.25, -0.2) is 4.98 Å². The Morgan fingerprint density at radius 2 is 2.08 bits per heavy atom. The monoisotopic (exact) mass is 325 g/mol. The molecule has 0 saturated heterocycles. The van der Waals surface area contributed by atoms with Gasteiger partial charge in [0, 0.05) is 30.6 Å². The van der Waals surface area contributed by atoms with Crippen LogP contribution in [-0.4, -0.2) is 27.3 Å². The van der Waals surface area contributed by atoms with Crippen LogP contribution in [0, 0.1) is 0 Å². The molecule has 24 heavy (non-hydrogen) atoms. The van der Waals surface area contributed by atoms with Gasteiger partial charge < -0.3 is 9.72 Å². The van der Waals surface area contributed by atoms with Crippen molar-refractivity contribution in [3.63, 3.8) is 0 Å². The summed E-state index contributed by atoms with van der Waals surface area (Å²) in [5, 5.41) is 0. The molecule has 0 unspecified atom stereocenters. The van der Waals surface area contributed by atoms with E-state index in [2.05, 4.69) is 9.97 Å². The number of anilines is 1. The summed E-state index contributed by atoms with van der Waals surface area (Å²) in [6.45, 7) is 3.85. The summed E-state index contributed by atoms with van der Waals surface area (Å²) in [6.07, 6.45) is 4.87.